The first-order valence-corrected chi connectivity index (χ1v) is 4.45. The zero-order valence-electron chi connectivity index (χ0n) is 7.87. The van der Waals surface area contributed by atoms with Crippen molar-refractivity contribution in [1.29, 1.82) is 0 Å². The number of aromatic amines is 1. The number of aliphatic hydroxyl groups is 1. The van der Waals surface area contributed by atoms with Gasteiger partial charge in [-0.2, -0.15) is 5.10 Å². The van der Waals surface area contributed by atoms with Gasteiger partial charge < -0.3 is 10.4 Å². The Labute approximate surface area is 85.8 Å². The summed E-state index contributed by atoms with van der Waals surface area (Å²) < 4.78 is 12.6. The summed E-state index contributed by atoms with van der Waals surface area (Å²) in [5.74, 6) is 0.310. The van der Waals surface area contributed by atoms with Crippen LogP contribution in [0.5, 0.6) is 0 Å². The Morgan fingerprint density at radius 2 is 2.07 bits per heavy atom. The van der Waals surface area contributed by atoms with E-state index in [1.807, 2.05) is 0 Å². The lowest BCUT2D eigenvalue weighted by molar-refractivity contribution is 0.276. The predicted octanol–water partition coefficient (Wildman–Crippen LogP) is 1.78. The van der Waals surface area contributed by atoms with Gasteiger partial charge in [0.2, 0.25) is 0 Å². The van der Waals surface area contributed by atoms with Gasteiger partial charge in [-0.1, -0.05) is 0 Å². The van der Waals surface area contributed by atoms with Gasteiger partial charge in [-0.15, -0.1) is 0 Å². The molecule has 5 heteroatoms. The lowest BCUT2D eigenvalue weighted by atomic mass is 10.3. The highest BCUT2D eigenvalue weighted by molar-refractivity contribution is 5.55. The van der Waals surface area contributed by atoms with Crippen LogP contribution < -0.4 is 5.32 Å². The lowest BCUT2D eigenvalue weighted by Crippen LogP contribution is -1.90. The van der Waals surface area contributed by atoms with Crippen molar-refractivity contribution in [3.05, 3.63) is 41.8 Å². The highest BCUT2D eigenvalue weighted by atomic mass is 19.1. The number of nitrogens with one attached hydrogen (secondary N) is 2. The van der Waals surface area contributed by atoms with Gasteiger partial charge in [0, 0.05) is 11.8 Å². The molecule has 78 valence electrons. The van der Waals surface area contributed by atoms with Crippen molar-refractivity contribution in [3.8, 4) is 0 Å². The molecular weight excluding hydrogens is 197 g/mol. The molecule has 3 N–H and O–H groups in total. The van der Waals surface area contributed by atoms with Gasteiger partial charge in [0.1, 0.15) is 5.82 Å². The summed E-state index contributed by atoms with van der Waals surface area (Å²) in [5, 5.41) is 18.3. The molecule has 0 saturated heterocycles. The van der Waals surface area contributed by atoms with Crippen LogP contribution in [0.4, 0.5) is 15.9 Å². The molecule has 0 aliphatic carbocycles. The Morgan fingerprint density at radius 3 is 2.67 bits per heavy atom. The Balaban J connectivity index is 2.11. The topological polar surface area (TPSA) is 60.9 Å². The van der Waals surface area contributed by atoms with E-state index in [-0.39, 0.29) is 12.4 Å². The second-order valence-corrected chi connectivity index (χ2v) is 3.07. The standard InChI is InChI=1S/C10H10FN3O/c11-7-1-3-8(4-2-7)12-10-5-9(6-15)13-14-10/h1-5,15H,6H2,(H2,12,13,14). The normalized spacial score (nSPS) is 10.3. The lowest BCUT2D eigenvalue weighted by Gasteiger charge is -2.00. The average molecular weight is 207 g/mol. The molecule has 0 spiro atoms. The minimum atomic E-state index is -0.279. The van der Waals surface area contributed by atoms with Gasteiger partial charge in [0.15, 0.2) is 5.82 Å². The van der Waals surface area contributed by atoms with Crippen molar-refractivity contribution in [2.45, 2.75) is 6.61 Å². The number of anilines is 2. The maximum absolute atomic E-state index is 12.6. The highest BCUT2D eigenvalue weighted by Gasteiger charge is 2.00. The molecule has 4 nitrogen and oxygen atoms in total. The first kappa shape index (κ1) is 9.67. The molecule has 0 saturated carbocycles. The number of hydrogen-bond acceptors (Lipinski definition) is 3. The van der Waals surface area contributed by atoms with Gasteiger partial charge in [-0.05, 0) is 24.3 Å². The summed E-state index contributed by atoms with van der Waals surface area (Å²) in [4.78, 5) is 0. The molecule has 0 amide bonds. The van der Waals surface area contributed by atoms with E-state index in [0.717, 1.165) is 5.69 Å². The SMILES string of the molecule is OCc1cc(Nc2ccc(F)cc2)n[nH]1. The number of rotatable bonds is 3. The second kappa shape index (κ2) is 4.10. The van der Waals surface area contributed by atoms with Gasteiger partial charge >= 0.3 is 0 Å². The van der Waals surface area contributed by atoms with Crippen LogP contribution in [-0.4, -0.2) is 15.3 Å². The van der Waals surface area contributed by atoms with Gasteiger partial charge in [0.05, 0.1) is 12.3 Å². The fraction of sp³-hybridized carbons (Fsp3) is 0.100. The van der Waals surface area contributed by atoms with Crippen molar-refractivity contribution in [1.82, 2.24) is 10.2 Å². The Morgan fingerprint density at radius 1 is 1.33 bits per heavy atom. The highest BCUT2D eigenvalue weighted by Crippen LogP contribution is 2.15. The number of hydrogen-bond donors (Lipinski definition) is 3. The fourth-order valence-corrected chi connectivity index (χ4v) is 1.19. The molecule has 0 fully saturated rings. The van der Waals surface area contributed by atoms with Crippen LogP contribution in [-0.2, 0) is 6.61 Å². The molecule has 0 unspecified atom stereocenters. The van der Waals surface area contributed by atoms with Gasteiger partial charge in [-0.25, -0.2) is 4.39 Å². The largest absolute Gasteiger partial charge is 0.390 e. The predicted molar refractivity (Wildman–Crippen MR) is 54.2 cm³/mol. The number of aromatic nitrogens is 2. The molecule has 2 aromatic rings. The fourth-order valence-electron chi connectivity index (χ4n) is 1.19. The molecule has 0 radical (unpaired) electrons. The van der Waals surface area contributed by atoms with E-state index in [4.69, 9.17) is 5.11 Å². The molecule has 15 heavy (non-hydrogen) atoms. The van der Waals surface area contributed by atoms with Crippen molar-refractivity contribution >= 4 is 11.5 Å². The number of nitrogens with zero attached hydrogens (tertiary/aromatic N) is 1. The third-order valence-corrected chi connectivity index (χ3v) is 1.92. The van der Waals surface area contributed by atoms with E-state index >= 15 is 0 Å². The van der Waals surface area contributed by atoms with Crippen LogP contribution in [0, 0.1) is 5.82 Å². The van der Waals surface area contributed by atoms with E-state index < -0.39 is 0 Å². The maximum Gasteiger partial charge on any atom is 0.152 e. The third-order valence-electron chi connectivity index (χ3n) is 1.92. The Kier molecular flexibility index (Phi) is 2.64. The quantitative estimate of drug-likeness (QED) is 0.719. The zero-order valence-corrected chi connectivity index (χ0v) is 7.87. The Bertz CT molecular complexity index is 438. The second-order valence-electron chi connectivity index (χ2n) is 3.07. The molecule has 0 aliphatic rings. The van der Waals surface area contributed by atoms with Crippen LogP contribution in [0.25, 0.3) is 0 Å². The van der Waals surface area contributed by atoms with Crippen molar-refractivity contribution in [2.75, 3.05) is 5.32 Å². The van der Waals surface area contributed by atoms with Crippen LogP contribution in [0.2, 0.25) is 0 Å². The molecule has 0 atom stereocenters. The molecule has 2 rings (SSSR count). The smallest absolute Gasteiger partial charge is 0.152 e. The van der Waals surface area contributed by atoms with Gasteiger partial charge in [0.25, 0.3) is 0 Å². The van der Waals surface area contributed by atoms with E-state index in [1.165, 1.54) is 12.1 Å². The summed E-state index contributed by atoms with van der Waals surface area (Å²) in [7, 11) is 0. The van der Waals surface area contributed by atoms with E-state index in [1.54, 1.807) is 18.2 Å². The molecule has 0 aliphatic heterocycles. The summed E-state index contributed by atoms with van der Waals surface area (Å²) in [6.45, 7) is -0.0852. The van der Waals surface area contributed by atoms with Gasteiger partial charge in [-0.3, -0.25) is 5.10 Å². The molecule has 0 bridgehead atoms. The molecule has 1 heterocycles. The Hall–Kier alpha value is -1.88. The van der Waals surface area contributed by atoms with Crippen LogP contribution in [0.1, 0.15) is 5.69 Å². The van der Waals surface area contributed by atoms with Crippen LogP contribution in [0.3, 0.4) is 0 Å². The number of halogens is 1. The zero-order chi connectivity index (χ0) is 10.7. The summed E-state index contributed by atoms with van der Waals surface area (Å²) in [6.07, 6.45) is 0. The number of benzene rings is 1. The molecular formula is C10H10FN3O. The van der Waals surface area contributed by atoms with Crippen molar-refractivity contribution < 1.29 is 9.50 Å². The summed E-state index contributed by atoms with van der Waals surface area (Å²) in [5.41, 5.74) is 1.37. The van der Waals surface area contributed by atoms with E-state index in [2.05, 4.69) is 15.5 Å². The number of H-pyrrole nitrogens is 1. The third kappa shape index (κ3) is 2.32. The monoisotopic (exact) mass is 207 g/mol. The van der Waals surface area contributed by atoms with Crippen molar-refractivity contribution in [2.24, 2.45) is 0 Å². The first-order chi connectivity index (χ1) is 7.28. The molecule has 1 aromatic heterocycles. The molecule has 1 aromatic carbocycles. The van der Waals surface area contributed by atoms with Crippen LogP contribution in [0.15, 0.2) is 30.3 Å². The average Bonchev–Trinajstić information content (AvgIpc) is 2.69. The summed E-state index contributed by atoms with van der Waals surface area (Å²) >= 11 is 0. The van der Waals surface area contributed by atoms with E-state index in [0.29, 0.717) is 11.5 Å². The first-order valence-electron chi connectivity index (χ1n) is 4.45. The van der Waals surface area contributed by atoms with E-state index in [9.17, 15) is 4.39 Å². The van der Waals surface area contributed by atoms with Crippen molar-refractivity contribution in [3.63, 3.8) is 0 Å². The minimum Gasteiger partial charge on any atom is -0.390 e. The maximum atomic E-state index is 12.6. The minimum absolute atomic E-state index is 0.0852. The summed E-state index contributed by atoms with van der Waals surface area (Å²) in [6, 6.07) is 7.64. The number of aliphatic hydroxyl groups excluding tert-OH is 1. The van der Waals surface area contributed by atoms with Crippen LogP contribution >= 0.6 is 0 Å².